The Morgan fingerprint density at radius 2 is 1.80 bits per heavy atom. The van der Waals surface area contributed by atoms with Crippen LogP contribution in [0, 0.1) is 11.6 Å². The third-order valence-electron chi connectivity index (χ3n) is 9.10. The zero-order chi connectivity index (χ0) is 35.9. The van der Waals surface area contributed by atoms with E-state index < -0.39 is 17.6 Å². The fourth-order valence-corrected chi connectivity index (χ4v) is 7.56. The minimum absolute atomic E-state index is 0.00130. The molecule has 5 heterocycles. The van der Waals surface area contributed by atoms with Crippen LogP contribution in [0.5, 0.6) is 11.5 Å². The van der Waals surface area contributed by atoms with Gasteiger partial charge in [0.1, 0.15) is 47.7 Å². The molecule has 0 aliphatic carbocycles. The molecule has 7 rings (SSSR count). The second kappa shape index (κ2) is 14.1. The lowest BCUT2D eigenvalue weighted by molar-refractivity contribution is -0.132. The van der Waals surface area contributed by atoms with Crippen LogP contribution in [0.1, 0.15) is 18.7 Å². The summed E-state index contributed by atoms with van der Waals surface area (Å²) in [7, 11) is 1.51. The highest BCUT2D eigenvalue weighted by atomic mass is 32.1. The monoisotopic (exact) mass is 721 g/mol. The number of ether oxygens (including phenoxy) is 3. The summed E-state index contributed by atoms with van der Waals surface area (Å²) in [6, 6.07) is 12.7. The van der Waals surface area contributed by atoms with E-state index in [0.717, 1.165) is 28.8 Å². The third kappa shape index (κ3) is 6.83. The normalized spacial score (nSPS) is 16.9. The lowest BCUT2D eigenvalue weighted by atomic mass is 9.96. The molecule has 266 valence electrons. The van der Waals surface area contributed by atoms with Crippen molar-refractivity contribution < 1.29 is 36.6 Å². The summed E-state index contributed by atoms with van der Waals surface area (Å²) in [5.74, 6) is -3.87. The van der Waals surface area contributed by atoms with Crippen LogP contribution in [-0.2, 0) is 16.1 Å². The summed E-state index contributed by atoms with van der Waals surface area (Å²) in [6.45, 7) is 6.80. The molecule has 1 saturated heterocycles. The van der Waals surface area contributed by atoms with E-state index in [-0.39, 0.29) is 56.2 Å². The lowest BCUT2D eigenvalue weighted by Crippen LogP contribution is -2.56. The fraction of sp³-hybridized carbons (Fsp3) is 0.324. The molecule has 1 atom stereocenters. The van der Waals surface area contributed by atoms with Gasteiger partial charge in [-0.2, -0.15) is 5.10 Å². The number of hydrogen-bond acceptors (Lipinski definition) is 8. The van der Waals surface area contributed by atoms with Crippen LogP contribution in [0.2, 0.25) is 0 Å². The van der Waals surface area contributed by atoms with Crippen molar-refractivity contribution in [3.63, 3.8) is 0 Å². The smallest absolute Gasteiger partial charge is 0.272 e. The van der Waals surface area contributed by atoms with Gasteiger partial charge in [0.15, 0.2) is 0 Å². The SMILES string of the molecule is C=CC(=O)N1CCn2nc(-c3nc(-c4ccc(OCCN5CC(F)(F)C5)cc4)c4ccsc4c3-c3c(F)cc(F)cc3OCCOC)cc2C1C. The number of aromatic nitrogens is 3. The van der Waals surface area contributed by atoms with Crippen molar-refractivity contribution in [3.8, 4) is 45.3 Å². The summed E-state index contributed by atoms with van der Waals surface area (Å²) in [4.78, 5) is 21.1. The number of nitrogens with zero attached hydrogens (tertiary/aromatic N) is 5. The number of amides is 1. The van der Waals surface area contributed by atoms with E-state index in [4.69, 9.17) is 24.3 Å². The fourth-order valence-electron chi connectivity index (χ4n) is 6.61. The van der Waals surface area contributed by atoms with Crippen molar-refractivity contribution in [3.05, 3.63) is 83.9 Å². The summed E-state index contributed by atoms with van der Waals surface area (Å²) in [6.07, 6.45) is 1.28. The van der Waals surface area contributed by atoms with Gasteiger partial charge in [0.2, 0.25) is 5.91 Å². The van der Waals surface area contributed by atoms with Gasteiger partial charge in [0.25, 0.3) is 5.92 Å². The number of pyridine rings is 1. The molecule has 0 bridgehead atoms. The minimum Gasteiger partial charge on any atom is -0.492 e. The highest BCUT2D eigenvalue weighted by molar-refractivity contribution is 7.18. The zero-order valence-corrected chi connectivity index (χ0v) is 28.8. The van der Waals surface area contributed by atoms with Crippen LogP contribution in [0.4, 0.5) is 17.6 Å². The quantitative estimate of drug-likeness (QED) is 0.0765. The first-order valence-electron chi connectivity index (χ1n) is 16.4. The molecule has 1 unspecified atom stereocenters. The number of hydrogen-bond donors (Lipinski definition) is 0. The number of benzene rings is 2. The van der Waals surface area contributed by atoms with Crippen LogP contribution < -0.4 is 9.47 Å². The van der Waals surface area contributed by atoms with Gasteiger partial charge >= 0.3 is 0 Å². The molecule has 1 amide bonds. The third-order valence-corrected chi connectivity index (χ3v) is 10.0. The Balaban J connectivity index is 1.33. The van der Waals surface area contributed by atoms with Crippen LogP contribution in [0.25, 0.3) is 43.9 Å². The Labute approximate surface area is 295 Å². The van der Waals surface area contributed by atoms with Crippen molar-refractivity contribution >= 4 is 27.3 Å². The minimum atomic E-state index is -2.63. The zero-order valence-electron chi connectivity index (χ0n) is 28.0. The van der Waals surface area contributed by atoms with Crippen LogP contribution in [0.15, 0.2) is 66.6 Å². The highest BCUT2D eigenvalue weighted by Crippen LogP contribution is 2.47. The topological polar surface area (TPSA) is 82.0 Å². The summed E-state index contributed by atoms with van der Waals surface area (Å²) in [5.41, 5.74) is 3.35. The molecular weight excluding hydrogens is 686 g/mol. The van der Waals surface area contributed by atoms with E-state index in [9.17, 15) is 18.0 Å². The molecule has 2 aromatic carbocycles. The van der Waals surface area contributed by atoms with E-state index in [1.807, 2.05) is 41.3 Å². The second-order valence-electron chi connectivity index (χ2n) is 12.5. The number of halogens is 4. The van der Waals surface area contributed by atoms with E-state index in [0.29, 0.717) is 52.7 Å². The number of carbonyl (C=O) groups excluding carboxylic acids is 1. The van der Waals surface area contributed by atoms with Crippen molar-refractivity contribution in [2.24, 2.45) is 0 Å². The molecule has 1 fully saturated rings. The molecule has 0 spiro atoms. The number of thiophene rings is 1. The first-order valence-corrected chi connectivity index (χ1v) is 17.3. The first-order chi connectivity index (χ1) is 24.6. The van der Waals surface area contributed by atoms with Gasteiger partial charge in [0, 0.05) is 53.5 Å². The number of rotatable bonds is 12. The molecule has 14 heteroatoms. The number of likely N-dealkylation sites (tertiary alicyclic amines) is 1. The van der Waals surface area contributed by atoms with E-state index >= 15 is 4.39 Å². The predicted octanol–water partition coefficient (Wildman–Crippen LogP) is 7.22. The maximum atomic E-state index is 16.1. The second-order valence-corrected chi connectivity index (χ2v) is 13.4. The van der Waals surface area contributed by atoms with Crippen LogP contribution in [0.3, 0.4) is 0 Å². The Morgan fingerprint density at radius 1 is 1.02 bits per heavy atom. The molecule has 5 aromatic rings. The molecule has 9 nitrogen and oxygen atoms in total. The number of methoxy groups -OCH3 is 1. The number of fused-ring (bicyclic) bond motifs is 2. The van der Waals surface area contributed by atoms with Gasteiger partial charge in [0.05, 0.1) is 49.2 Å². The molecule has 3 aromatic heterocycles. The number of alkyl halides is 2. The number of carbonyl (C=O) groups is 1. The molecule has 2 aliphatic rings. The lowest BCUT2D eigenvalue weighted by Gasteiger charge is -2.38. The first kappa shape index (κ1) is 34.6. The van der Waals surface area contributed by atoms with E-state index in [1.165, 1.54) is 24.5 Å². The van der Waals surface area contributed by atoms with Crippen molar-refractivity contribution in [1.29, 1.82) is 0 Å². The molecule has 0 radical (unpaired) electrons. The average molecular weight is 722 g/mol. The largest absolute Gasteiger partial charge is 0.492 e. The molecule has 0 N–H and O–H groups in total. The summed E-state index contributed by atoms with van der Waals surface area (Å²) in [5, 5.41) is 7.52. The van der Waals surface area contributed by atoms with Crippen molar-refractivity contribution in [2.45, 2.75) is 25.4 Å². The maximum absolute atomic E-state index is 16.1. The average Bonchev–Trinajstić information content (AvgIpc) is 3.76. The van der Waals surface area contributed by atoms with Crippen LogP contribution in [-0.4, -0.2) is 89.5 Å². The van der Waals surface area contributed by atoms with Gasteiger partial charge in [-0.05, 0) is 54.8 Å². The Hall–Kier alpha value is -4.79. The molecule has 51 heavy (non-hydrogen) atoms. The van der Waals surface area contributed by atoms with Gasteiger partial charge < -0.3 is 19.1 Å². The molecule has 2 aliphatic heterocycles. The van der Waals surface area contributed by atoms with Gasteiger partial charge in [-0.1, -0.05) is 6.58 Å². The summed E-state index contributed by atoms with van der Waals surface area (Å²) >= 11 is 1.38. The predicted molar refractivity (Wildman–Crippen MR) is 186 cm³/mol. The van der Waals surface area contributed by atoms with Crippen LogP contribution >= 0.6 is 11.3 Å². The maximum Gasteiger partial charge on any atom is 0.272 e. The molecule has 0 saturated carbocycles. The van der Waals surface area contributed by atoms with Crippen molar-refractivity contribution in [2.75, 3.05) is 53.1 Å². The Bertz CT molecular complexity index is 2090. The van der Waals surface area contributed by atoms with Gasteiger partial charge in [-0.25, -0.2) is 22.5 Å². The van der Waals surface area contributed by atoms with Gasteiger partial charge in [-0.15, -0.1) is 11.3 Å². The Kier molecular flexibility index (Phi) is 9.57. The Morgan fingerprint density at radius 3 is 2.53 bits per heavy atom. The molecular formula is C37H35F4N5O4S. The standard InChI is InChI=1S/C37H35F4N5O4S/c1-4-31(47)45-10-11-46-29(22(45)2)19-28(43-46)35-33(32-27(39)17-24(38)18-30(32)50-15-14-48-3)36-26(9-16-51-36)34(42-35)23-5-7-25(8-6-23)49-13-12-44-20-37(40,41)21-44/h4-9,16-19,22H,1,10-15,20-21H2,2-3H3. The highest BCUT2D eigenvalue weighted by Gasteiger charge is 2.43. The van der Waals surface area contributed by atoms with E-state index in [2.05, 4.69) is 6.58 Å². The van der Waals surface area contributed by atoms with E-state index in [1.54, 1.807) is 21.9 Å². The van der Waals surface area contributed by atoms with Gasteiger partial charge in [-0.3, -0.25) is 14.4 Å². The van der Waals surface area contributed by atoms with Crippen molar-refractivity contribution in [1.82, 2.24) is 24.6 Å². The summed E-state index contributed by atoms with van der Waals surface area (Å²) < 4.78 is 76.5.